The molecule has 1 aliphatic heterocycles. The predicted molar refractivity (Wildman–Crippen MR) is 79.0 cm³/mol. The standard InChI is InChI=1S/C14H15N5O4/c1-7-11(13(21)23-3)12(19-14(15-7)16-17-18-19)8-4-5-9(20)10(6-8)22-2/h4-6,12,20H,1-3H3,(H,15,16,18)/t12-/m0/s1. The zero-order chi connectivity index (χ0) is 16.6. The number of benzene rings is 1. The SMILES string of the molecule is COC(=O)C1=C(C)Nc2nnnn2[C@H]1c1ccc(O)c(OC)c1. The second kappa shape index (κ2) is 5.59. The average molecular weight is 317 g/mol. The van der Waals surface area contributed by atoms with Crippen molar-refractivity contribution in [2.45, 2.75) is 13.0 Å². The largest absolute Gasteiger partial charge is 0.504 e. The van der Waals surface area contributed by atoms with Gasteiger partial charge in [0.15, 0.2) is 11.5 Å². The Morgan fingerprint density at radius 1 is 1.39 bits per heavy atom. The van der Waals surface area contributed by atoms with Gasteiger partial charge in [-0.15, -0.1) is 0 Å². The van der Waals surface area contributed by atoms with Gasteiger partial charge >= 0.3 is 5.97 Å². The lowest BCUT2D eigenvalue weighted by molar-refractivity contribution is -0.136. The van der Waals surface area contributed by atoms with Crippen molar-refractivity contribution in [3.05, 3.63) is 35.0 Å². The molecule has 1 atom stereocenters. The fraction of sp³-hybridized carbons (Fsp3) is 0.286. The number of aromatic nitrogens is 4. The topological polar surface area (TPSA) is 111 Å². The number of carbonyl (C=O) groups is 1. The number of ether oxygens (including phenoxy) is 2. The molecule has 120 valence electrons. The van der Waals surface area contributed by atoms with Gasteiger partial charge in [-0.3, -0.25) is 0 Å². The summed E-state index contributed by atoms with van der Waals surface area (Å²) in [6.07, 6.45) is 0. The Morgan fingerprint density at radius 2 is 2.17 bits per heavy atom. The van der Waals surface area contributed by atoms with Crippen molar-refractivity contribution in [2.75, 3.05) is 19.5 Å². The molecule has 2 N–H and O–H groups in total. The number of phenols is 1. The second-order valence-corrected chi connectivity index (χ2v) is 4.94. The van der Waals surface area contributed by atoms with E-state index in [4.69, 9.17) is 9.47 Å². The highest BCUT2D eigenvalue weighted by atomic mass is 16.5. The summed E-state index contributed by atoms with van der Waals surface area (Å²) in [6, 6.07) is 4.20. The number of hydrogen-bond donors (Lipinski definition) is 2. The number of phenolic OH excluding ortho intramolecular Hbond substituents is 1. The summed E-state index contributed by atoms with van der Waals surface area (Å²) >= 11 is 0. The van der Waals surface area contributed by atoms with Crippen molar-refractivity contribution in [2.24, 2.45) is 0 Å². The van der Waals surface area contributed by atoms with Crippen LogP contribution >= 0.6 is 0 Å². The van der Waals surface area contributed by atoms with Crippen molar-refractivity contribution in [1.82, 2.24) is 20.2 Å². The molecule has 0 radical (unpaired) electrons. The number of esters is 1. The van der Waals surface area contributed by atoms with Gasteiger partial charge in [-0.05, 0) is 35.0 Å². The molecule has 1 aliphatic rings. The Labute approximate surface area is 131 Å². The van der Waals surface area contributed by atoms with Crippen molar-refractivity contribution >= 4 is 11.9 Å². The summed E-state index contributed by atoms with van der Waals surface area (Å²) < 4.78 is 11.5. The van der Waals surface area contributed by atoms with Gasteiger partial charge in [-0.25, -0.2) is 4.79 Å². The van der Waals surface area contributed by atoms with Gasteiger partial charge in [0.1, 0.15) is 6.04 Å². The third-order valence-electron chi connectivity index (χ3n) is 3.64. The van der Waals surface area contributed by atoms with Crippen LogP contribution in [0.25, 0.3) is 0 Å². The quantitative estimate of drug-likeness (QED) is 0.801. The molecular formula is C14H15N5O4. The molecule has 0 saturated heterocycles. The molecular weight excluding hydrogens is 302 g/mol. The first-order chi connectivity index (χ1) is 11.1. The van der Waals surface area contributed by atoms with Crippen LogP contribution in [0.1, 0.15) is 18.5 Å². The first-order valence-corrected chi connectivity index (χ1v) is 6.77. The molecule has 2 aromatic rings. The van der Waals surface area contributed by atoms with Crippen molar-refractivity contribution in [1.29, 1.82) is 0 Å². The zero-order valence-electron chi connectivity index (χ0n) is 12.8. The van der Waals surface area contributed by atoms with Gasteiger partial charge in [0.05, 0.1) is 19.8 Å². The lowest BCUT2D eigenvalue weighted by atomic mass is 9.95. The lowest BCUT2D eigenvalue weighted by Gasteiger charge is -2.27. The van der Waals surface area contributed by atoms with E-state index < -0.39 is 12.0 Å². The zero-order valence-corrected chi connectivity index (χ0v) is 12.8. The Morgan fingerprint density at radius 3 is 2.87 bits per heavy atom. The van der Waals surface area contributed by atoms with Crippen molar-refractivity contribution in [3.63, 3.8) is 0 Å². The van der Waals surface area contributed by atoms with Crippen molar-refractivity contribution < 1.29 is 19.4 Å². The molecule has 0 fully saturated rings. The van der Waals surface area contributed by atoms with Gasteiger partial charge in [-0.1, -0.05) is 11.2 Å². The summed E-state index contributed by atoms with van der Waals surface area (Å²) in [7, 11) is 2.76. The van der Waals surface area contributed by atoms with E-state index in [2.05, 4.69) is 20.8 Å². The fourth-order valence-electron chi connectivity index (χ4n) is 2.56. The van der Waals surface area contributed by atoms with E-state index in [9.17, 15) is 9.90 Å². The molecule has 0 bridgehead atoms. The summed E-state index contributed by atoms with van der Waals surface area (Å²) in [5.41, 5.74) is 1.64. The van der Waals surface area contributed by atoms with Crippen LogP contribution in [0.3, 0.4) is 0 Å². The maximum absolute atomic E-state index is 12.2. The molecule has 9 heteroatoms. The van der Waals surface area contributed by atoms with E-state index in [0.29, 0.717) is 22.8 Å². The van der Waals surface area contributed by atoms with E-state index in [1.807, 2.05) is 0 Å². The number of hydrogen-bond acceptors (Lipinski definition) is 8. The van der Waals surface area contributed by atoms with Gasteiger partial charge < -0.3 is 19.9 Å². The minimum absolute atomic E-state index is 0.00226. The van der Waals surface area contributed by atoms with Crippen LogP contribution in [-0.4, -0.2) is 45.5 Å². The van der Waals surface area contributed by atoms with Crippen LogP contribution in [0, 0.1) is 0 Å². The smallest absolute Gasteiger partial charge is 0.338 e. The Balaban J connectivity index is 2.19. The number of rotatable bonds is 3. The summed E-state index contributed by atoms with van der Waals surface area (Å²) in [5.74, 6) is 0.209. The van der Waals surface area contributed by atoms with E-state index >= 15 is 0 Å². The monoisotopic (exact) mass is 317 g/mol. The number of allylic oxidation sites excluding steroid dienone is 1. The average Bonchev–Trinajstić information content (AvgIpc) is 3.01. The van der Waals surface area contributed by atoms with Gasteiger partial charge in [0.25, 0.3) is 0 Å². The highest BCUT2D eigenvalue weighted by molar-refractivity contribution is 5.92. The number of fused-ring (bicyclic) bond motifs is 1. The fourth-order valence-corrected chi connectivity index (χ4v) is 2.56. The van der Waals surface area contributed by atoms with E-state index in [-0.39, 0.29) is 11.5 Å². The van der Waals surface area contributed by atoms with Crippen LogP contribution < -0.4 is 10.1 Å². The van der Waals surface area contributed by atoms with E-state index in [0.717, 1.165) is 0 Å². The lowest BCUT2D eigenvalue weighted by Crippen LogP contribution is -2.29. The maximum atomic E-state index is 12.2. The minimum atomic E-state index is -0.594. The first-order valence-electron chi connectivity index (χ1n) is 6.77. The Bertz CT molecular complexity index is 798. The minimum Gasteiger partial charge on any atom is -0.504 e. The normalized spacial score (nSPS) is 16.6. The third-order valence-corrected chi connectivity index (χ3v) is 3.64. The molecule has 9 nitrogen and oxygen atoms in total. The molecule has 0 unspecified atom stereocenters. The molecule has 0 spiro atoms. The molecule has 23 heavy (non-hydrogen) atoms. The molecule has 3 rings (SSSR count). The number of aromatic hydroxyl groups is 1. The van der Waals surface area contributed by atoms with Gasteiger partial charge in [0, 0.05) is 5.70 Å². The number of tetrazole rings is 1. The molecule has 1 aromatic carbocycles. The molecule has 0 saturated carbocycles. The van der Waals surface area contributed by atoms with Crippen LogP contribution in [0.4, 0.5) is 5.95 Å². The van der Waals surface area contributed by atoms with Crippen LogP contribution in [0.15, 0.2) is 29.5 Å². The van der Waals surface area contributed by atoms with Crippen molar-refractivity contribution in [3.8, 4) is 11.5 Å². The Kier molecular flexibility index (Phi) is 3.61. The second-order valence-electron chi connectivity index (χ2n) is 4.94. The van der Waals surface area contributed by atoms with Gasteiger partial charge in [-0.2, -0.15) is 4.68 Å². The predicted octanol–water partition coefficient (Wildman–Crippen LogP) is 0.849. The summed E-state index contributed by atoms with van der Waals surface area (Å²) in [5, 5.41) is 24.2. The third kappa shape index (κ3) is 2.35. The van der Waals surface area contributed by atoms with Crippen LogP contribution in [-0.2, 0) is 9.53 Å². The van der Waals surface area contributed by atoms with Gasteiger partial charge in [0.2, 0.25) is 5.95 Å². The number of carbonyl (C=O) groups excluding carboxylic acids is 1. The van der Waals surface area contributed by atoms with E-state index in [1.54, 1.807) is 19.1 Å². The number of methoxy groups -OCH3 is 2. The molecule has 0 amide bonds. The summed E-state index contributed by atoms with van der Waals surface area (Å²) in [6.45, 7) is 1.75. The first kappa shape index (κ1) is 14.8. The molecule has 0 aliphatic carbocycles. The van der Waals surface area contributed by atoms with Crippen LogP contribution in [0.2, 0.25) is 0 Å². The van der Waals surface area contributed by atoms with Crippen LogP contribution in [0.5, 0.6) is 11.5 Å². The Hall–Kier alpha value is -3.10. The molecule has 1 aromatic heterocycles. The van der Waals surface area contributed by atoms with E-state index in [1.165, 1.54) is 25.0 Å². The number of nitrogens with zero attached hydrogens (tertiary/aromatic N) is 4. The summed E-state index contributed by atoms with van der Waals surface area (Å²) in [4.78, 5) is 12.2. The maximum Gasteiger partial charge on any atom is 0.338 e. The number of nitrogens with one attached hydrogen (secondary N) is 1. The highest BCUT2D eigenvalue weighted by Crippen LogP contribution is 2.38. The highest BCUT2D eigenvalue weighted by Gasteiger charge is 2.35. The molecule has 2 heterocycles. The number of anilines is 1.